The third kappa shape index (κ3) is 6.39. The van der Waals surface area contributed by atoms with E-state index in [0.29, 0.717) is 12.5 Å². The number of rotatable bonds is 7. The van der Waals surface area contributed by atoms with E-state index < -0.39 is 10.2 Å². The number of hydrogen-bond acceptors (Lipinski definition) is 3. The predicted octanol–water partition coefficient (Wildman–Crippen LogP) is 1.26. The summed E-state index contributed by atoms with van der Waals surface area (Å²) in [5, 5.41) is 4.96. The van der Waals surface area contributed by atoms with Crippen molar-refractivity contribution in [3.63, 3.8) is 0 Å². The van der Waals surface area contributed by atoms with Crippen molar-refractivity contribution in [1.29, 1.82) is 0 Å². The highest BCUT2D eigenvalue weighted by Gasteiger charge is 2.20. The largest absolute Gasteiger partial charge is 0.303 e. The summed E-state index contributed by atoms with van der Waals surface area (Å²) in [6.07, 6.45) is 3.91. The number of halogens is 1. The van der Waals surface area contributed by atoms with Crippen LogP contribution in [0.5, 0.6) is 0 Å². The van der Waals surface area contributed by atoms with Crippen molar-refractivity contribution in [2.24, 2.45) is 11.1 Å². The molecular weight excluding hydrogens is 305 g/mol. The first-order valence-electron chi connectivity index (χ1n) is 7.66. The topological polar surface area (TPSA) is 75.4 Å². The Labute approximate surface area is 131 Å². The molecule has 0 saturated carbocycles. The van der Waals surface area contributed by atoms with Crippen LogP contribution in [0.15, 0.2) is 24.3 Å². The molecule has 1 heterocycles. The van der Waals surface area contributed by atoms with Crippen molar-refractivity contribution in [2.75, 3.05) is 26.2 Å². The lowest BCUT2D eigenvalue weighted by atomic mass is 9.98. The molecule has 3 N–H and O–H groups in total. The average Bonchev–Trinajstić information content (AvgIpc) is 2.45. The van der Waals surface area contributed by atoms with E-state index in [1.165, 1.54) is 6.07 Å². The summed E-state index contributed by atoms with van der Waals surface area (Å²) in [5.74, 6) is 0.117. The molecule has 0 amide bonds. The van der Waals surface area contributed by atoms with Gasteiger partial charge in [-0.05, 0) is 62.4 Å². The molecule has 0 bridgehead atoms. The van der Waals surface area contributed by atoms with E-state index in [0.717, 1.165) is 50.9 Å². The minimum absolute atomic E-state index is 0.190. The Bertz CT molecular complexity index is 580. The zero-order valence-corrected chi connectivity index (χ0v) is 13.5. The number of nitrogens with one attached hydrogen (secondary N) is 1. The summed E-state index contributed by atoms with van der Waals surface area (Å²) in [7, 11) is -3.60. The second-order valence-corrected chi connectivity index (χ2v) is 7.31. The van der Waals surface area contributed by atoms with Crippen LogP contribution in [-0.2, 0) is 16.6 Å². The van der Waals surface area contributed by atoms with Crippen molar-refractivity contribution in [1.82, 2.24) is 9.62 Å². The molecule has 0 aliphatic carbocycles. The fraction of sp³-hybridized carbons (Fsp3) is 0.600. The summed E-state index contributed by atoms with van der Waals surface area (Å²) in [6, 6.07) is 6.71. The van der Waals surface area contributed by atoms with Crippen LogP contribution < -0.4 is 9.86 Å². The highest BCUT2D eigenvalue weighted by atomic mass is 32.2. The summed E-state index contributed by atoms with van der Waals surface area (Å²) >= 11 is 0. The molecule has 1 aromatic rings. The molecule has 1 aliphatic rings. The molecule has 1 aliphatic heterocycles. The van der Waals surface area contributed by atoms with Gasteiger partial charge in [0.2, 0.25) is 0 Å². The van der Waals surface area contributed by atoms with E-state index in [1.807, 2.05) is 6.07 Å². The van der Waals surface area contributed by atoms with Gasteiger partial charge in [0.15, 0.2) is 0 Å². The number of nitrogens with zero attached hydrogens (tertiary/aromatic N) is 1. The van der Waals surface area contributed by atoms with E-state index in [-0.39, 0.29) is 5.82 Å². The molecule has 1 saturated heterocycles. The normalized spacial score (nSPS) is 20.2. The lowest BCUT2D eigenvalue weighted by molar-refractivity contribution is 0.174. The van der Waals surface area contributed by atoms with E-state index in [2.05, 4.69) is 9.62 Å². The second kappa shape index (κ2) is 8.01. The maximum atomic E-state index is 13.1. The fourth-order valence-corrected chi connectivity index (χ4v) is 3.42. The van der Waals surface area contributed by atoms with Crippen LogP contribution in [0, 0.1) is 11.7 Å². The molecule has 1 atom stereocenters. The van der Waals surface area contributed by atoms with Crippen LogP contribution in [0.4, 0.5) is 4.39 Å². The molecule has 2 rings (SSSR count). The van der Waals surface area contributed by atoms with E-state index in [1.54, 1.807) is 12.1 Å². The maximum Gasteiger partial charge on any atom is 0.274 e. The van der Waals surface area contributed by atoms with Crippen molar-refractivity contribution < 1.29 is 12.8 Å². The van der Waals surface area contributed by atoms with Crippen LogP contribution in [0.25, 0.3) is 0 Å². The van der Waals surface area contributed by atoms with Gasteiger partial charge in [0.1, 0.15) is 5.82 Å². The number of piperidine rings is 1. The van der Waals surface area contributed by atoms with Gasteiger partial charge in [-0.1, -0.05) is 12.1 Å². The average molecular weight is 329 g/mol. The molecule has 7 heteroatoms. The number of nitrogens with two attached hydrogens (primary N) is 1. The SMILES string of the molecule is NS(=O)(=O)NCC1CCCN(CCCc2cccc(F)c2)C1. The van der Waals surface area contributed by atoms with Gasteiger partial charge in [0.05, 0.1) is 0 Å². The monoisotopic (exact) mass is 329 g/mol. The molecule has 0 spiro atoms. The lowest BCUT2D eigenvalue weighted by Gasteiger charge is -2.32. The summed E-state index contributed by atoms with van der Waals surface area (Å²) in [4.78, 5) is 2.35. The Morgan fingerprint density at radius 3 is 2.95 bits per heavy atom. The van der Waals surface area contributed by atoms with Gasteiger partial charge in [0.25, 0.3) is 10.2 Å². The van der Waals surface area contributed by atoms with Crippen molar-refractivity contribution in [3.8, 4) is 0 Å². The molecule has 124 valence electrons. The predicted molar refractivity (Wildman–Crippen MR) is 85.0 cm³/mol. The zero-order valence-electron chi connectivity index (χ0n) is 12.7. The first kappa shape index (κ1) is 17.3. The van der Waals surface area contributed by atoms with E-state index in [4.69, 9.17) is 5.14 Å². The second-order valence-electron chi connectivity index (χ2n) is 5.94. The third-order valence-corrected chi connectivity index (χ3v) is 4.57. The Kier molecular flexibility index (Phi) is 6.31. The first-order valence-corrected chi connectivity index (χ1v) is 9.21. The highest BCUT2D eigenvalue weighted by Crippen LogP contribution is 2.16. The highest BCUT2D eigenvalue weighted by molar-refractivity contribution is 7.87. The van der Waals surface area contributed by atoms with Crippen molar-refractivity contribution in [2.45, 2.75) is 25.7 Å². The molecule has 0 aromatic heterocycles. The minimum Gasteiger partial charge on any atom is -0.303 e. The fourth-order valence-electron chi connectivity index (χ4n) is 2.95. The zero-order chi connectivity index (χ0) is 16.0. The number of benzene rings is 1. The number of likely N-dealkylation sites (tertiary alicyclic amines) is 1. The minimum atomic E-state index is -3.60. The molecule has 0 radical (unpaired) electrons. The van der Waals surface area contributed by atoms with E-state index >= 15 is 0 Å². The van der Waals surface area contributed by atoms with Gasteiger partial charge in [-0.25, -0.2) is 14.3 Å². The molecule has 5 nitrogen and oxygen atoms in total. The maximum absolute atomic E-state index is 13.1. The number of hydrogen-bond donors (Lipinski definition) is 2. The lowest BCUT2D eigenvalue weighted by Crippen LogP contribution is -2.42. The van der Waals surface area contributed by atoms with Crippen molar-refractivity contribution in [3.05, 3.63) is 35.6 Å². The quantitative estimate of drug-likeness (QED) is 0.791. The Hall–Kier alpha value is -1.02. The van der Waals surface area contributed by atoms with Gasteiger partial charge < -0.3 is 4.90 Å². The molecule has 1 fully saturated rings. The van der Waals surface area contributed by atoms with Gasteiger partial charge in [-0.2, -0.15) is 8.42 Å². The molecule has 1 aromatic carbocycles. The standard InChI is InChI=1S/C15H24FN3O2S/c16-15-7-1-4-13(10-15)5-2-8-19-9-3-6-14(12-19)11-18-22(17,20)21/h1,4,7,10,14,18H,2-3,5-6,8-9,11-12H2,(H2,17,20,21). The number of aryl methyl sites for hydroxylation is 1. The van der Waals surface area contributed by atoms with Crippen molar-refractivity contribution >= 4 is 10.2 Å². The summed E-state index contributed by atoms with van der Waals surface area (Å²) in [6.45, 7) is 3.27. The van der Waals surface area contributed by atoms with Crippen LogP contribution in [0.1, 0.15) is 24.8 Å². The van der Waals surface area contributed by atoms with Gasteiger partial charge in [-0.15, -0.1) is 0 Å². The Balaban J connectivity index is 1.71. The van der Waals surface area contributed by atoms with Crippen LogP contribution in [0.2, 0.25) is 0 Å². The van der Waals surface area contributed by atoms with Crippen LogP contribution in [0.3, 0.4) is 0 Å². The smallest absolute Gasteiger partial charge is 0.274 e. The Morgan fingerprint density at radius 2 is 2.23 bits per heavy atom. The Morgan fingerprint density at radius 1 is 1.41 bits per heavy atom. The van der Waals surface area contributed by atoms with Crippen LogP contribution >= 0.6 is 0 Å². The molecular formula is C15H24FN3O2S. The first-order chi connectivity index (χ1) is 10.4. The van der Waals surface area contributed by atoms with Gasteiger partial charge >= 0.3 is 0 Å². The summed E-state index contributed by atoms with van der Waals surface area (Å²) in [5.41, 5.74) is 1.02. The van der Waals surface area contributed by atoms with Gasteiger partial charge in [-0.3, -0.25) is 0 Å². The van der Waals surface area contributed by atoms with E-state index in [9.17, 15) is 12.8 Å². The molecule has 1 unspecified atom stereocenters. The van der Waals surface area contributed by atoms with Gasteiger partial charge in [0, 0.05) is 13.1 Å². The summed E-state index contributed by atoms with van der Waals surface area (Å²) < 4.78 is 37.4. The third-order valence-electron chi connectivity index (χ3n) is 4.01. The van der Waals surface area contributed by atoms with Crippen LogP contribution in [-0.4, -0.2) is 39.5 Å². The molecule has 22 heavy (non-hydrogen) atoms.